The van der Waals surface area contributed by atoms with Gasteiger partial charge < -0.3 is 4.90 Å². The first-order valence-corrected chi connectivity index (χ1v) is 20.7. The maximum absolute atomic E-state index is 14.5. The molecule has 3 heteroatoms. The van der Waals surface area contributed by atoms with Crippen molar-refractivity contribution in [2.45, 2.75) is 19.3 Å². The Morgan fingerprint density at radius 3 is 1.76 bits per heavy atom. The van der Waals surface area contributed by atoms with Crippen molar-refractivity contribution in [1.29, 1.82) is 0 Å². The average molecular weight is 764 g/mol. The molecule has 58 heavy (non-hydrogen) atoms. The molecule has 1 aromatic heterocycles. The third kappa shape index (κ3) is 5.49. The Labute approximate surface area is 341 Å². The number of thiophene rings is 1. The summed E-state index contributed by atoms with van der Waals surface area (Å²) in [5, 5.41) is 4.78. The van der Waals surface area contributed by atoms with Crippen LogP contribution in [0.2, 0.25) is 0 Å². The summed E-state index contributed by atoms with van der Waals surface area (Å²) in [5.74, 6) is -0.236. The van der Waals surface area contributed by atoms with E-state index >= 15 is 0 Å². The van der Waals surface area contributed by atoms with Crippen molar-refractivity contribution in [1.82, 2.24) is 0 Å². The smallest absolute Gasteiger partial charge is 0.123 e. The summed E-state index contributed by atoms with van der Waals surface area (Å²) in [7, 11) is 0. The van der Waals surface area contributed by atoms with Crippen molar-refractivity contribution < 1.29 is 4.39 Å². The lowest BCUT2D eigenvalue weighted by Crippen LogP contribution is -2.16. The largest absolute Gasteiger partial charge is 0.310 e. The van der Waals surface area contributed by atoms with E-state index in [1.54, 1.807) is 12.1 Å². The van der Waals surface area contributed by atoms with Crippen molar-refractivity contribution in [3.63, 3.8) is 0 Å². The van der Waals surface area contributed by atoms with E-state index < -0.39 is 0 Å². The normalized spacial score (nSPS) is 12.9. The van der Waals surface area contributed by atoms with Gasteiger partial charge in [-0.2, -0.15) is 0 Å². The first kappa shape index (κ1) is 34.4. The van der Waals surface area contributed by atoms with Crippen LogP contribution in [0.3, 0.4) is 0 Å². The molecule has 9 aromatic carbocycles. The summed E-state index contributed by atoms with van der Waals surface area (Å²) in [6.07, 6.45) is 0. The predicted molar refractivity (Wildman–Crippen MR) is 245 cm³/mol. The summed E-state index contributed by atoms with van der Waals surface area (Å²) < 4.78 is 17.0. The van der Waals surface area contributed by atoms with Crippen LogP contribution < -0.4 is 4.90 Å². The average Bonchev–Trinajstić information content (AvgIpc) is 3.75. The lowest BCUT2D eigenvalue weighted by molar-refractivity contribution is 0.628. The predicted octanol–water partition coefficient (Wildman–Crippen LogP) is 16.1. The summed E-state index contributed by atoms with van der Waals surface area (Å²) in [6, 6.07) is 68.7. The second-order valence-corrected chi connectivity index (χ2v) is 16.9. The number of benzene rings is 9. The highest BCUT2D eigenvalue weighted by atomic mass is 32.1. The number of fused-ring (bicyclic) bond motifs is 7. The Morgan fingerprint density at radius 2 is 1.00 bits per heavy atom. The first-order valence-electron chi connectivity index (χ1n) is 19.9. The van der Waals surface area contributed by atoms with Crippen molar-refractivity contribution >= 4 is 59.3 Å². The van der Waals surface area contributed by atoms with E-state index in [-0.39, 0.29) is 11.2 Å². The van der Waals surface area contributed by atoms with Crippen LogP contribution >= 0.6 is 11.3 Å². The van der Waals surface area contributed by atoms with E-state index in [9.17, 15) is 4.39 Å². The molecule has 11 rings (SSSR count). The lowest BCUT2D eigenvalue weighted by atomic mass is 9.79. The molecule has 0 unspecified atom stereocenters. The molecular formula is C55H38FNS. The zero-order valence-corrected chi connectivity index (χ0v) is 33.0. The highest BCUT2D eigenvalue weighted by molar-refractivity contribution is 7.25. The van der Waals surface area contributed by atoms with Crippen LogP contribution in [0.5, 0.6) is 0 Å². The summed E-state index contributed by atoms with van der Waals surface area (Å²) in [6.45, 7) is 4.71. The van der Waals surface area contributed by atoms with Gasteiger partial charge in [-0.3, -0.25) is 0 Å². The zero-order valence-electron chi connectivity index (χ0n) is 32.2. The van der Waals surface area contributed by atoms with Gasteiger partial charge in [0.1, 0.15) is 5.82 Å². The fraction of sp³-hybridized carbons (Fsp3) is 0.0545. The number of halogens is 1. The van der Waals surface area contributed by atoms with Gasteiger partial charge in [-0.15, -0.1) is 11.3 Å². The number of rotatable bonds is 6. The van der Waals surface area contributed by atoms with E-state index in [2.05, 4.69) is 189 Å². The highest BCUT2D eigenvalue weighted by Crippen LogP contribution is 2.52. The van der Waals surface area contributed by atoms with Crippen LogP contribution in [-0.4, -0.2) is 0 Å². The molecule has 1 nitrogen and oxygen atoms in total. The minimum absolute atomic E-state index is 0.101. The van der Waals surface area contributed by atoms with Crippen LogP contribution in [0.1, 0.15) is 25.0 Å². The monoisotopic (exact) mass is 763 g/mol. The molecule has 0 saturated heterocycles. The number of anilines is 3. The van der Waals surface area contributed by atoms with Gasteiger partial charge in [-0.25, -0.2) is 4.39 Å². The molecule has 0 N–H and O–H groups in total. The molecule has 0 radical (unpaired) electrons. The topological polar surface area (TPSA) is 3.24 Å². The molecule has 0 amide bonds. The first-order chi connectivity index (χ1) is 28.4. The second kappa shape index (κ2) is 13.4. The van der Waals surface area contributed by atoms with E-state index in [1.165, 1.54) is 59.6 Å². The number of nitrogens with zero attached hydrogens (tertiary/aromatic N) is 1. The van der Waals surface area contributed by atoms with Crippen LogP contribution in [0, 0.1) is 5.82 Å². The van der Waals surface area contributed by atoms with Gasteiger partial charge in [0.05, 0.1) is 0 Å². The Balaban J connectivity index is 1.03. The van der Waals surface area contributed by atoms with Gasteiger partial charge in [0, 0.05) is 42.6 Å². The van der Waals surface area contributed by atoms with E-state index in [0.717, 1.165) is 50.1 Å². The Kier molecular flexibility index (Phi) is 7.96. The molecule has 276 valence electrons. The molecule has 0 saturated carbocycles. The van der Waals surface area contributed by atoms with E-state index in [4.69, 9.17) is 0 Å². The molecule has 0 bridgehead atoms. The van der Waals surface area contributed by atoms with E-state index in [1.807, 2.05) is 17.4 Å². The molecule has 10 aromatic rings. The number of hydrogen-bond donors (Lipinski definition) is 0. The molecular weight excluding hydrogens is 726 g/mol. The van der Waals surface area contributed by atoms with E-state index in [0.29, 0.717) is 0 Å². The van der Waals surface area contributed by atoms with Crippen molar-refractivity contribution in [3.8, 4) is 44.5 Å². The Morgan fingerprint density at radius 1 is 0.431 bits per heavy atom. The molecule has 0 spiro atoms. The van der Waals surface area contributed by atoms with Crippen molar-refractivity contribution in [2.24, 2.45) is 0 Å². The van der Waals surface area contributed by atoms with Crippen LogP contribution in [0.25, 0.3) is 75.5 Å². The molecule has 1 heterocycles. The van der Waals surface area contributed by atoms with Crippen LogP contribution in [-0.2, 0) is 5.41 Å². The van der Waals surface area contributed by atoms with Gasteiger partial charge in [0.2, 0.25) is 0 Å². The Hall–Kier alpha value is -6.81. The lowest BCUT2D eigenvalue weighted by Gasteiger charge is -2.27. The highest BCUT2D eigenvalue weighted by Gasteiger charge is 2.37. The van der Waals surface area contributed by atoms with Gasteiger partial charge in [-0.05, 0) is 127 Å². The molecule has 1 aliphatic rings. The SMILES string of the molecule is CC1(C)c2ccccc2-c2cccc(-c3ccc(N(c4ccc(-c5cccc6cccc(-c7cccc(F)c7)c56)cc4)c4ccc5sc6ccccc6c5c4)cc3)c21. The molecule has 1 aliphatic carbocycles. The second-order valence-electron chi connectivity index (χ2n) is 15.8. The van der Waals surface area contributed by atoms with Gasteiger partial charge in [-0.1, -0.05) is 147 Å². The maximum Gasteiger partial charge on any atom is 0.123 e. The van der Waals surface area contributed by atoms with Crippen LogP contribution in [0.4, 0.5) is 21.5 Å². The molecule has 0 aliphatic heterocycles. The summed E-state index contributed by atoms with van der Waals surface area (Å²) in [5.41, 5.74) is 15.2. The third-order valence-corrected chi connectivity index (χ3v) is 13.3. The standard InChI is InChI=1S/C55H38FNS/c1-55(2)50-21-5-3-15-46(50)48-20-10-19-45(54(48)55)36-25-29-41(30-26-36)57(42-31-32-52-49(34-42)47-16-4-6-22-51(47)58-52)40-27-23-35(24-28-40)43-17-8-11-37-12-9-18-44(53(37)43)38-13-7-14-39(56)33-38/h3-34H,1-2H3. The fourth-order valence-corrected chi connectivity index (χ4v) is 10.5. The maximum atomic E-state index is 14.5. The van der Waals surface area contributed by atoms with Gasteiger partial charge >= 0.3 is 0 Å². The van der Waals surface area contributed by atoms with Gasteiger partial charge in [0.15, 0.2) is 0 Å². The minimum Gasteiger partial charge on any atom is -0.310 e. The van der Waals surface area contributed by atoms with Crippen molar-refractivity contribution in [3.05, 3.63) is 211 Å². The van der Waals surface area contributed by atoms with Crippen LogP contribution in [0.15, 0.2) is 194 Å². The van der Waals surface area contributed by atoms with Gasteiger partial charge in [0.25, 0.3) is 0 Å². The quantitative estimate of drug-likeness (QED) is 0.163. The number of hydrogen-bond acceptors (Lipinski definition) is 2. The Bertz CT molecular complexity index is 3200. The zero-order chi connectivity index (χ0) is 39.0. The molecule has 0 atom stereocenters. The minimum atomic E-state index is -0.236. The summed E-state index contributed by atoms with van der Waals surface area (Å²) in [4.78, 5) is 2.37. The summed E-state index contributed by atoms with van der Waals surface area (Å²) >= 11 is 1.84. The van der Waals surface area contributed by atoms with Crippen molar-refractivity contribution in [2.75, 3.05) is 4.90 Å². The fourth-order valence-electron chi connectivity index (χ4n) is 9.45. The molecule has 0 fully saturated rings. The third-order valence-electron chi connectivity index (χ3n) is 12.1.